The van der Waals surface area contributed by atoms with Crippen LogP contribution in [-0.2, 0) is 0 Å². The van der Waals surface area contributed by atoms with Crippen molar-refractivity contribution in [1.29, 1.82) is 0 Å². The number of para-hydroxylation sites is 1. The van der Waals surface area contributed by atoms with Gasteiger partial charge in [-0.05, 0) is 29.7 Å². The first kappa shape index (κ1) is 15.4. The highest BCUT2D eigenvalue weighted by molar-refractivity contribution is 9.25. The zero-order valence-corrected chi connectivity index (χ0v) is 14.6. The normalized spacial score (nSPS) is 14.7. The van der Waals surface area contributed by atoms with Gasteiger partial charge in [0.1, 0.15) is 5.82 Å². The first-order valence-corrected chi connectivity index (χ1v) is 8.30. The Kier molecular flexibility index (Phi) is 3.90. The predicted octanol–water partition coefficient (Wildman–Crippen LogP) is 4.82. The summed E-state index contributed by atoms with van der Waals surface area (Å²) in [6.07, 6.45) is 1.98. The molecule has 0 atom stereocenters. The van der Waals surface area contributed by atoms with Crippen LogP contribution in [0.5, 0.6) is 0 Å². The van der Waals surface area contributed by atoms with Crippen LogP contribution in [0, 0.1) is 11.2 Å². The van der Waals surface area contributed by atoms with Crippen molar-refractivity contribution in [1.82, 2.24) is 0 Å². The molecule has 0 saturated carbocycles. The summed E-state index contributed by atoms with van der Waals surface area (Å²) in [5, 5.41) is 0. The lowest BCUT2D eigenvalue weighted by Gasteiger charge is -2.41. The summed E-state index contributed by atoms with van der Waals surface area (Å²) in [4.78, 5) is 2.24. The molecule has 0 unspecified atom stereocenters. The van der Waals surface area contributed by atoms with Crippen molar-refractivity contribution >= 4 is 38.7 Å². The van der Waals surface area contributed by atoms with E-state index in [1.165, 1.54) is 6.07 Å². The van der Waals surface area contributed by atoms with Crippen molar-refractivity contribution < 1.29 is 4.39 Å². The standard InChI is InChI=1S/C18H18BBrFN/c1-18(2,3)17-12-14-15(10-7-11-16(14)21)19(20)22(17)13-8-5-4-6-9-13/h4-12H,1-3H3. The average Bonchev–Trinajstić information content (AvgIpc) is 2.48. The highest BCUT2D eigenvalue weighted by atomic mass is 79.9. The molecule has 0 fully saturated rings. The molecular formula is C18H18BBrFN. The van der Waals surface area contributed by atoms with E-state index >= 15 is 0 Å². The molecule has 1 aliphatic heterocycles. The van der Waals surface area contributed by atoms with Gasteiger partial charge in [-0.25, -0.2) is 4.39 Å². The number of anilines is 1. The van der Waals surface area contributed by atoms with Gasteiger partial charge in [0.05, 0.1) is 0 Å². The van der Waals surface area contributed by atoms with Crippen molar-refractivity contribution in [3.05, 3.63) is 65.6 Å². The fourth-order valence-electron chi connectivity index (χ4n) is 2.82. The Morgan fingerprint density at radius 1 is 1.00 bits per heavy atom. The molecule has 0 aliphatic carbocycles. The van der Waals surface area contributed by atoms with Gasteiger partial charge in [0.25, 0.3) is 0 Å². The smallest absolute Gasteiger partial charge is 0.372 e. The van der Waals surface area contributed by atoms with Crippen LogP contribution in [0.4, 0.5) is 10.1 Å². The molecule has 0 aromatic heterocycles. The number of allylic oxidation sites excluding steroid dienone is 1. The Morgan fingerprint density at radius 2 is 1.68 bits per heavy atom. The first-order valence-electron chi connectivity index (χ1n) is 7.38. The van der Waals surface area contributed by atoms with E-state index in [4.69, 9.17) is 0 Å². The van der Waals surface area contributed by atoms with E-state index in [0.717, 1.165) is 16.8 Å². The number of rotatable bonds is 1. The van der Waals surface area contributed by atoms with Crippen molar-refractivity contribution in [2.75, 3.05) is 4.81 Å². The van der Waals surface area contributed by atoms with Crippen LogP contribution in [0.3, 0.4) is 0 Å². The summed E-state index contributed by atoms with van der Waals surface area (Å²) in [5.74, 6) is -0.170. The van der Waals surface area contributed by atoms with Gasteiger partial charge in [0.2, 0.25) is 0 Å². The van der Waals surface area contributed by atoms with Crippen LogP contribution in [0.15, 0.2) is 54.2 Å². The molecule has 2 aromatic rings. The fraction of sp³-hybridized carbons (Fsp3) is 0.222. The second-order valence-electron chi connectivity index (χ2n) is 6.56. The monoisotopic (exact) mass is 357 g/mol. The van der Waals surface area contributed by atoms with E-state index in [1.54, 1.807) is 6.07 Å². The molecule has 112 valence electrons. The van der Waals surface area contributed by atoms with Gasteiger partial charge < -0.3 is 4.81 Å². The van der Waals surface area contributed by atoms with Crippen LogP contribution in [-0.4, -0.2) is 5.67 Å². The zero-order chi connectivity index (χ0) is 15.9. The van der Waals surface area contributed by atoms with Crippen molar-refractivity contribution in [2.45, 2.75) is 20.8 Å². The molecular weight excluding hydrogens is 340 g/mol. The van der Waals surface area contributed by atoms with E-state index in [9.17, 15) is 4.39 Å². The molecule has 0 spiro atoms. The van der Waals surface area contributed by atoms with Gasteiger partial charge in [0.15, 0.2) is 0 Å². The van der Waals surface area contributed by atoms with Crippen LogP contribution in [0.25, 0.3) is 6.08 Å². The lowest BCUT2D eigenvalue weighted by molar-refractivity contribution is 0.501. The molecule has 3 rings (SSSR count). The second-order valence-corrected chi connectivity index (χ2v) is 7.43. The molecule has 0 saturated heterocycles. The Labute approximate surface area is 139 Å². The Hall–Kier alpha value is -1.55. The molecule has 2 aromatic carbocycles. The van der Waals surface area contributed by atoms with Crippen molar-refractivity contribution in [3.8, 4) is 0 Å². The Balaban J connectivity index is 2.23. The van der Waals surface area contributed by atoms with Gasteiger partial charge in [-0.15, -0.1) is 15.8 Å². The van der Waals surface area contributed by atoms with Crippen molar-refractivity contribution in [2.24, 2.45) is 5.41 Å². The average molecular weight is 358 g/mol. The summed E-state index contributed by atoms with van der Waals surface area (Å²) in [5.41, 5.74) is 3.65. The highest BCUT2D eigenvalue weighted by Gasteiger charge is 2.37. The van der Waals surface area contributed by atoms with E-state index < -0.39 is 0 Å². The van der Waals surface area contributed by atoms with Crippen molar-refractivity contribution in [3.63, 3.8) is 0 Å². The Bertz CT molecular complexity index is 722. The van der Waals surface area contributed by atoms with E-state index in [1.807, 2.05) is 30.3 Å². The first-order chi connectivity index (χ1) is 10.4. The minimum atomic E-state index is -0.170. The van der Waals surface area contributed by atoms with Gasteiger partial charge in [-0.2, -0.15) is 0 Å². The second kappa shape index (κ2) is 5.58. The molecule has 1 aliphatic rings. The maximum absolute atomic E-state index is 14.3. The third-order valence-corrected chi connectivity index (χ3v) is 4.82. The van der Waals surface area contributed by atoms with E-state index in [2.05, 4.69) is 53.5 Å². The predicted molar refractivity (Wildman–Crippen MR) is 97.1 cm³/mol. The third kappa shape index (κ3) is 2.61. The maximum atomic E-state index is 14.3. The van der Waals surface area contributed by atoms with Gasteiger partial charge >= 0.3 is 5.67 Å². The highest BCUT2D eigenvalue weighted by Crippen LogP contribution is 2.38. The van der Waals surface area contributed by atoms with Gasteiger partial charge in [-0.3, -0.25) is 0 Å². The summed E-state index contributed by atoms with van der Waals surface area (Å²) in [7, 11) is 0. The summed E-state index contributed by atoms with van der Waals surface area (Å²) < 4.78 is 14.3. The lowest BCUT2D eigenvalue weighted by Crippen LogP contribution is -2.50. The molecule has 22 heavy (non-hydrogen) atoms. The van der Waals surface area contributed by atoms with E-state index in [-0.39, 0.29) is 16.9 Å². The number of halogens is 2. The summed E-state index contributed by atoms with van der Waals surface area (Å²) in [6.45, 7) is 6.46. The largest absolute Gasteiger partial charge is 0.374 e. The number of fused-ring (bicyclic) bond motifs is 1. The fourth-order valence-corrected chi connectivity index (χ4v) is 3.67. The summed E-state index contributed by atoms with van der Waals surface area (Å²) >= 11 is 3.78. The topological polar surface area (TPSA) is 3.24 Å². The van der Waals surface area contributed by atoms with E-state index in [0.29, 0.717) is 5.56 Å². The number of nitrogens with zero attached hydrogens (tertiary/aromatic N) is 1. The minimum Gasteiger partial charge on any atom is -0.374 e. The minimum absolute atomic E-state index is 0.0835. The molecule has 0 radical (unpaired) electrons. The zero-order valence-electron chi connectivity index (χ0n) is 13.0. The SMILES string of the molecule is CC(C)(C)C1=Cc2c(F)cccc2B(Br)N1c1ccccc1. The van der Waals surface area contributed by atoms with Crippen LogP contribution in [0.1, 0.15) is 26.3 Å². The molecule has 1 heterocycles. The Morgan fingerprint density at radius 3 is 2.32 bits per heavy atom. The van der Waals surface area contributed by atoms with Crippen LogP contribution >= 0.6 is 15.8 Å². The summed E-state index contributed by atoms with van der Waals surface area (Å²) in [6, 6.07) is 15.5. The third-order valence-electron chi connectivity index (χ3n) is 3.91. The molecule has 0 N–H and O–H groups in total. The molecule has 1 nitrogen and oxygen atoms in total. The number of hydrogen-bond acceptors (Lipinski definition) is 1. The molecule has 0 bridgehead atoms. The van der Waals surface area contributed by atoms with Crippen LogP contribution in [0.2, 0.25) is 0 Å². The van der Waals surface area contributed by atoms with Crippen LogP contribution < -0.4 is 10.3 Å². The lowest BCUT2D eigenvalue weighted by atomic mass is 9.69. The molecule has 0 amide bonds. The van der Waals surface area contributed by atoms with Gasteiger partial charge in [-0.1, -0.05) is 51.1 Å². The van der Waals surface area contributed by atoms with Gasteiger partial charge in [0, 0.05) is 22.4 Å². The number of benzene rings is 2. The quantitative estimate of drug-likeness (QED) is 0.661. The number of hydrogen-bond donors (Lipinski definition) is 0. The molecule has 4 heteroatoms. The maximum Gasteiger partial charge on any atom is 0.372 e.